The molecule has 1 fully saturated rings. The predicted molar refractivity (Wildman–Crippen MR) is 60.5 cm³/mol. The van der Waals surface area contributed by atoms with Crippen LogP contribution in [0.5, 0.6) is 0 Å². The van der Waals surface area contributed by atoms with Gasteiger partial charge in [-0.15, -0.1) is 0 Å². The minimum Gasteiger partial charge on any atom is -0.376 e. The number of rotatable bonds is 6. The van der Waals surface area contributed by atoms with E-state index in [1.807, 2.05) is 0 Å². The van der Waals surface area contributed by atoms with Gasteiger partial charge >= 0.3 is 0 Å². The number of benzene rings is 1. The Morgan fingerprint density at radius 1 is 1.35 bits per heavy atom. The van der Waals surface area contributed by atoms with Crippen molar-refractivity contribution >= 4 is 5.78 Å². The minimum atomic E-state index is -0.324. The van der Waals surface area contributed by atoms with Gasteiger partial charge in [0.1, 0.15) is 11.9 Å². The molecule has 0 spiro atoms. The zero-order valence-electron chi connectivity index (χ0n) is 9.52. The largest absolute Gasteiger partial charge is 0.376 e. The van der Waals surface area contributed by atoms with Gasteiger partial charge in [0.2, 0.25) is 0 Å². The third-order valence-electron chi connectivity index (χ3n) is 2.68. The fraction of sp³-hybridized carbons (Fsp3) is 0.462. The van der Waals surface area contributed by atoms with Gasteiger partial charge in [0.15, 0.2) is 5.78 Å². The van der Waals surface area contributed by atoms with Crippen LogP contribution >= 0.6 is 0 Å². The molecule has 2 rings (SSSR count). The van der Waals surface area contributed by atoms with Gasteiger partial charge in [-0.25, -0.2) is 4.39 Å². The summed E-state index contributed by atoms with van der Waals surface area (Å²) < 4.78 is 23.1. The van der Waals surface area contributed by atoms with E-state index in [2.05, 4.69) is 0 Å². The first-order valence-corrected chi connectivity index (χ1v) is 5.74. The Labute approximate surface area is 99.5 Å². The van der Waals surface area contributed by atoms with Gasteiger partial charge in [-0.3, -0.25) is 4.79 Å². The summed E-state index contributed by atoms with van der Waals surface area (Å²) in [6.45, 7) is 1.89. The third kappa shape index (κ3) is 3.61. The highest BCUT2D eigenvalue weighted by Gasteiger charge is 2.18. The van der Waals surface area contributed by atoms with Crippen molar-refractivity contribution < 1.29 is 18.7 Å². The van der Waals surface area contributed by atoms with E-state index in [1.165, 1.54) is 24.3 Å². The number of hydrogen-bond donors (Lipinski definition) is 0. The molecule has 0 atom stereocenters. The number of halogens is 1. The van der Waals surface area contributed by atoms with Crippen LogP contribution in [-0.2, 0) is 9.47 Å². The van der Waals surface area contributed by atoms with Gasteiger partial charge in [-0.1, -0.05) is 0 Å². The van der Waals surface area contributed by atoms with E-state index in [4.69, 9.17) is 9.47 Å². The Hall–Kier alpha value is -1.26. The average Bonchev–Trinajstić information content (AvgIpc) is 2.27. The third-order valence-corrected chi connectivity index (χ3v) is 2.68. The van der Waals surface area contributed by atoms with Crippen molar-refractivity contribution in [2.75, 3.05) is 19.8 Å². The fourth-order valence-electron chi connectivity index (χ4n) is 1.57. The lowest BCUT2D eigenvalue weighted by atomic mass is 10.1. The first-order chi connectivity index (χ1) is 8.25. The molecule has 0 bridgehead atoms. The number of ketones is 1. The molecular formula is C13H15FO3. The molecule has 1 aromatic carbocycles. The summed E-state index contributed by atoms with van der Waals surface area (Å²) >= 11 is 0. The van der Waals surface area contributed by atoms with Crippen LogP contribution in [0.1, 0.15) is 23.2 Å². The van der Waals surface area contributed by atoms with Crippen molar-refractivity contribution in [3.63, 3.8) is 0 Å². The molecule has 3 nitrogen and oxygen atoms in total. The number of carbonyl (C=O) groups excluding carboxylic acids is 1. The molecule has 0 amide bonds. The second kappa shape index (κ2) is 5.89. The molecule has 1 aliphatic heterocycles. The summed E-state index contributed by atoms with van der Waals surface area (Å²) in [6.07, 6.45) is 1.32. The van der Waals surface area contributed by atoms with E-state index in [0.29, 0.717) is 38.2 Å². The van der Waals surface area contributed by atoms with E-state index in [-0.39, 0.29) is 17.7 Å². The molecule has 0 aliphatic carbocycles. The standard InChI is InChI=1S/C13H15FO3/c14-11-5-3-10(4-6-11)13(15)2-1-7-17-12-8-16-9-12/h3-6,12H,1-2,7-9H2. The van der Waals surface area contributed by atoms with E-state index in [9.17, 15) is 9.18 Å². The molecule has 0 aromatic heterocycles. The highest BCUT2D eigenvalue weighted by atomic mass is 19.1. The molecule has 1 saturated heterocycles. The van der Waals surface area contributed by atoms with Crippen molar-refractivity contribution in [1.29, 1.82) is 0 Å². The molecule has 1 heterocycles. The van der Waals surface area contributed by atoms with E-state index >= 15 is 0 Å². The first kappa shape index (κ1) is 12.2. The molecule has 0 radical (unpaired) electrons. The molecule has 0 unspecified atom stereocenters. The van der Waals surface area contributed by atoms with Crippen LogP contribution in [-0.4, -0.2) is 31.7 Å². The van der Waals surface area contributed by atoms with E-state index in [0.717, 1.165) is 0 Å². The maximum absolute atomic E-state index is 12.6. The molecular weight excluding hydrogens is 223 g/mol. The van der Waals surface area contributed by atoms with Crippen LogP contribution in [0.2, 0.25) is 0 Å². The molecule has 0 N–H and O–H groups in total. The Bertz CT molecular complexity index is 371. The maximum atomic E-state index is 12.6. The highest BCUT2D eigenvalue weighted by molar-refractivity contribution is 5.95. The average molecular weight is 238 g/mol. The molecule has 4 heteroatoms. The normalized spacial score (nSPS) is 15.6. The fourth-order valence-corrected chi connectivity index (χ4v) is 1.57. The summed E-state index contributed by atoms with van der Waals surface area (Å²) in [5, 5.41) is 0. The second-order valence-electron chi connectivity index (χ2n) is 4.06. The van der Waals surface area contributed by atoms with Crippen molar-refractivity contribution in [2.45, 2.75) is 18.9 Å². The van der Waals surface area contributed by atoms with Gasteiger partial charge in [0.05, 0.1) is 13.2 Å². The number of hydrogen-bond acceptors (Lipinski definition) is 3. The van der Waals surface area contributed by atoms with Gasteiger partial charge in [-0.2, -0.15) is 0 Å². The second-order valence-corrected chi connectivity index (χ2v) is 4.06. The molecule has 92 valence electrons. The Balaban J connectivity index is 1.67. The summed E-state index contributed by atoms with van der Waals surface area (Å²) in [5.74, 6) is -0.298. The molecule has 17 heavy (non-hydrogen) atoms. The topological polar surface area (TPSA) is 35.5 Å². The van der Waals surface area contributed by atoms with Crippen molar-refractivity contribution in [1.82, 2.24) is 0 Å². The van der Waals surface area contributed by atoms with Gasteiger partial charge < -0.3 is 9.47 Å². The number of Topliss-reactive ketones (excluding diaryl/α,β-unsaturated/α-hetero) is 1. The van der Waals surface area contributed by atoms with Crippen LogP contribution in [0.25, 0.3) is 0 Å². The summed E-state index contributed by atoms with van der Waals surface area (Å²) in [6, 6.07) is 5.63. The van der Waals surface area contributed by atoms with Crippen LogP contribution < -0.4 is 0 Å². The first-order valence-electron chi connectivity index (χ1n) is 5.74. The van der Waals surface area contributed by atoms with Gasteiger partial charge in [-0.05, 0) is 30.7 Å². The Morgan fingerprint density at radius 2 is 2.06 bits per heavy atom. The van der Waals surface area contributed by atoms with Crippen LogP contribution in [0.15, 0.2) is 24.3 Å². The zero-order chi connectivity index (χ0) is 12.1. The quantitative estimate of drug-likeness (QED) is 0.563. The lowest BCUT2D eigenvalue weighted by molar-refractivity contribution is -0.129. The van der Waals surface area contributed by atoms with Crippen LogP contribution in [0.4, 0.5) is 4.39 Å². The lowest BCUT2D eigenvalue weighted by Crippen LogP contribution is -2.36. The molecule has 1 aromatic rings. The number of ether oxygens (including phenoxy) is 2. The summed E-state index contributed by atoms with van der Waals surface area (Å²) in [4.78, 5) is 11.7. The summed E-state index contributed by atoms with van der Waals surface area (Å²) in [7, 11) is 0. The summed E-state index contributed by atoms with van der Waals surface area (Å²) in [5.41, 5.74) is 0.554. The van der Waals surface area contributed by atoms with Gasteiger partial charge in [0, 0.05) is 18.6 Å². The van der Waals surface area contributed by atoms with E-state index < -0.39 is 0 Å². The SMILES string of the molecule is O=C(CCCOC1COC1)c1ccc(F)cc1. The van der Waals surface area contributed by atoms with Crippen LogP contribution in [0, 0.1) is 5.82 Å². The van der Waals surface area contributed by atoms with Crippen LogP contribution in [0.3, 0.4) is 0 Å². The van der Waals surface area contributed by atoms with Crippen molar-refractivity contribution in [2.24, 2.45) is 0 Å². The zero-order valence-corrected chi connectivity index (χ0v) is 9.52. The van der Waals surface area contributed by atoms with Crippen molar-refractivity contribution in [3.05, 3.63) is 35.6 Å². The monoisotopic (exact) mass is 238 g/mol. The maximum Gasteiger partial charge on any atom is 0.162 e. The molecule has 0 saturated carbocycles. The minimum absolute atomic E-state index is 0.0264. The lowest BCUT2D eigenvalue weighted by Gasteiger charge is -2.25. The molecule has 1 aliphatic rings. The Morgan fingerprint density at radius 3 is 2.65 bits per heavy atom. The van der Waals surface area contributed by atoms with E-state index in [1.54, 1.807) is 0 Å². The predicted octanol–water partition coefficient (Wildman–Crippen LogP) is 2.20. The Kier molecular flexibility index (Phi) is 4.23. The van der Waals surface area contributed by atoms with Crippen molar-refractivity contribution in [3.8, 4) is 0 Å². The van der Waals surface area contributed by atoms with Gasteiger partial charge in [0.25, 0.3) is 0 Å². The highest BCUT2D eigenvalue weighted by Crippen LogP contribution is 2.09. The number of carbonyl (C=O) groups is 1. The smallest absolute Gasteiger partial charge is 0.162 e.